The summed E-state index contributed by atoms with van der Waals surface area (Å²) >= 11 is 0. The molecule has 5 heteroatoms. The third kappa shape index (κ3) is 9.73. The third-order valence-corrected chi connectivity index (χ3v) is 1.91. The van der Waals surface area contributed by atoms with Crippen LogP contribution < -0.4 is 11.1 Å². The van der Waals surface area contributed by atoms with Gasteiger partial charge in [-0.2, -0.15) is 0 Å². The first-order valence-electron chi connectivity index (χ1n) is 5.70. The van der Waals surface area contributed by atoms with E-state index in [0.29, 0.717) is 13.1 Å². The number of nitrogens with two attached hydrogens (primary N) is 1. The monoisotopic (exact) mass is 231 g/mol. The molecule has 3 N–H and O–H groups in total. The molecule has 0 bridgehead atoms. The molecule has 0 unspecified atom stereocenters. The number of nitrogens with one attached hydrogen (secondary N) is 1. The topological polar surface area (TPSA) is 67.6 Å². The van der Waals surface area contributed by atoms with Crippen molar-refractivity contribution in [2.45, 2.75) is 32.8 Å². The van der Waals surface area contributed by atoms with Gasteiger partial charge in [-0.15, -0.1) is 0 Å². The molecule has 0 rings (SSSR count). The Bertz CT molecular complexity index is 202. The number of hydrogen-bond acceptors (Lipinski definition) is 4. The highest BCUT2D eigenvalue weighted by Crippen LogP contribution is 2.05. The van der Waals surface area contributed by atoms with Crippen molar-refractivity contribution in [3.63, 3.8) is 0 Å². The first-order valence-corrected chi connectivity index (χ1v) is 5.70. The Morgan fingerprint density at radius 1 is 1.38 bits per heavy atom. The maximum absolute atomic E-state index is 11.3. The fourth-order valence-corrected chi connectivity index (χ4v) is 1.14. The molecule has 0 aromatic carbocycles. The molecule has 0 atom stereocenters. The van der Waals surface area contributed by atoms with Gasteiger partial charge in [0.1, 0.15) is 5.60 Å². The fourth-order valence-electron chi connectivity index (χ4n) is 1.14. The van der Waals surface area contributed by atoms with E-state index in [0.717, 1.165) is 19.5 Å². The Labute approximate surface area is 98.3 Å². The maximum Gasteiger partial charge on any atom is 0.407 e. The zero-order valence-corrected chi connectivity index (χ0v) is 10.9. The minimum atomic E-state index is -0.435. The summed E-state index contributed by atoms with van der Waals surface area (Å²) in [5.74, 6) is 0. The lowest BCUT2D eigenvalue weighted by Gasteiger charge is -2.21. The van der Waals surface area contributed by atoms with Crippen LogP contribution in [0, 0.1) is 0 Å². The molecular formula is C11H25N3O2. The van der Waals surface area contributed by atoms with E-state index in [4.69, 9.17) is 10.5 Å². The van der Waals surface area contributed by atoms with E-state index in [9.17, 15) is 4.79 Å². The lowest BCUT2D eigenvalue weighted by atomic mass is 10.2. The van der Waals surface area contributed by atoms with Crippen LogP contribution in [0.2, 0.25) is 0 Å². The summed E-state index contributed by atoms with van der Waals surface area (Å²) in [6, 6.07) is 0. The van der Waals surface area contributed by atoms with Crippen molar-refractivity contribution in [2.24, 2.45) is 5.73 Å². The highest BCUT2D eigenvalue weighted by molar-refractivity contribution is 5.67. The second-order valence-electron chi connectivity index (χ2n) is 4.87. The molecule has 16 heavy (non-hydrogen) atoms. The summed E-state index contributed by atoms with van der Waals surface area (Å²) in [5.41, 5.74) is 4.97. The summed E-state index contributed by atoms with van der Waals surface area (Å²) in [7, 11) is 2.01. The van der Waals surface area contributed by atoms with Crippen molar-refractivity contribution in [1.82, 2.24) is 10.2 Å². The van der Waals surface area contributed by atoms with Gasteiger partial charge >= 0.3 is 6.09 Å². The Balaban J connectivity index is 3.54. The van der Waals surface area contributed by atoms with E-state index >= 15 is 0 Å². The van der Waals surface area contributed by atoms with Crippen molar-refractivity contribution in [3.8, 4) is 0 Å². The van der Waals surface area contributed by atoms with E-state index in [-0.39, 0.29) is 6.09 Å². The van der Waals surface area contributed by atoms with Crippen LogP contribution in [0.4, 0.5) is 4.79 Å². The molecule has 0 fully saturated rings. The second kappa shape index (κ2) is 7.46. The van der Waals surface area contributed by atoms with Gasteiger partial charge in [0.25, 0.3) is 0 Å². The molecule has 96 valence electrons. The number of carbonyl (C=O) groups is 1. The summed E-state index contributed by atoms with van der Waals surface area (Å²) in [4.78, 5) is 13.4. The van der Waals surface area contributed by atoms with Crippen LogP contribution in [0.15, 0.2) is 0 Å². The van der Waals surface area contributed by atoms with Crippen LogP contribution in [0.25, 0.3) is 0 Å². The lowest BCUT2D eigenvalue weighted by Crippen LogP contribution is -2.37. The summed E-state index contributed by atoms with van der Waals surface area (Å²) < 4.78 is 5.11. The Morgan fingerprint density at radius 2 is 2.00 bits per heavy atom. The Hall–Kier alpha value is -0.810. The SMILES string of the molecule is CN(CCCN)CCNC(=O)OC(C)(C)C. The van der Waals surface area contributed by atoms with Gasteiger partial charge in [-0.1, -0.05) is 0 Å². The zero-order valence-electron chi connectivity index (χ0n) is 10.9. The van der Waals surface area contributed by atoms with Crippen LogP contribution in [-0.4, -0.2) is 49.8 Å². The van der Waals surface area contributed by atoms with Crippen LogP contribution >= 0.6 is 0 Å². The lowest BCUT2D eigenvalue weighted by molar-refractivity contribution is 0.0523. The van der Waals surface area contributed by atoms with E-state index in [2.05, 4.69) is 10.2 Å². The zero-order chi connectivity index (χ0) is 12.6. The molecule has 0 spiro atoms. The van der Waals surface area contributed by atoms with Crippen molar-refractivity contribution in [2.75, 3.05) is 33.2 Å². The van der Waals surface area contributed by atoms with Crippen molar-refractivity contribution < 1.29 is 9.53 Å². The molecule has 0 radical (unpaired) electrons. The number of hydrogen-bond donors (Lipinski definition) is 2. The molecule has 0 aromatic heterocycles. The smallest absolute Gasteiger partial charge is 0.407 e. The highest BCUT2D eigenvalue weighted by atomic mass is 16.6. The minimum absolute atomic E-state index is 0.361. The van der Waals surface area contributed by atoms with Crippen molar-refractivity contribution in [3.05, 3.63) is 0 Å². The molecule has 0 aromatic rings. The number of nitrogens with zero attached hydrogens (tertiary/aromatic N) is 1. The third-order valence-electron chi connectivity index (χ3n) is 1.91. The summed E-state index contributed by atoms with van der Waals surface area (Å²) in [6.45, 7) is 8.59. The number of rotatable bonds is 6. The number of ether oxygens (including phenoxy) is 1. The molecule has 0 saturated carbocycles. The number of amides is 1. The summed E-state index contributed by atoms with van der Waals surface area (Å²) in [5, 5.41) is 2.71. The molecule has 0 aliphatic heterocycles. The average molecular weight is 231 g/mol. The molecule has 0 saturated heterocycles. The molecule has 5 nitrogen and oxygen atoms in total. The summed E-state index contributed by atoms with van der Waals surface area (Å²) in [6.07, 6.45) is 0.614. The van der Waals surface area contributed by atoms with E-state index < -0.39 is 5.60 Å². The molecule has 0 aliphatic carbocycles. The Kier molecular flexibility index (Phi) is 7.08. The predicted octanol–water partition coefficient (Wildman–Crippen LogP) is 0.792. The Morgan fingerprint density at radius 3 is 2.50 bits per heavy atom. The molecule has 0 aliphatic rings. The average Bonchev–Trinajstić information content (AvgIpc) is 2.11. The van der Waals surface area contributed by atoms with Crippen molar-refractivity contribution >= 4 is 6.09 Å². The minimum Gasteiger partial charge on any atom is -0.444 e. The first-order chi connectivity index (χ1) is 7.35. The van der Waals surface area contributed by atoms with E-state index in [1.54, 1.807) is 0 Å². The van der Waals surface area contributed by atoms with Gasteiger partial charge in [0.05, 0.1) is 0 Å². The maximum atomic E-state index is 11.3. The van der Waals surface area contributed by atoms with Crippen LogP contribution in [0.3, 0.4) is 0 Å². The number of likely N-dealkylation sites (N-methyl/N-ethyl adjacent to an activating group) is 1. The standard InChI is InChI=1S/C11H25N3O2/c1-11(2,3)16-10(15)13-7-9-14(4)8-5-6-12/h5-9,12H2,1-4H3,(H,13,15). The normalized spacial score (nSPS) is 11.6. The number of carbonyl (C=O) groups excluding carboxylic acids is 1. The van der Waals surface area contributed by atoms with Gasteiger partial charge in [0.15, 0.2) is 0 Å². The molecule has 0 heterocycles. The van der Waals surface area contributed by atoms with Crippen molar-refractivity contribution in [1.29, 1.82) is 0 Å². The van der Waals surface area contributed by atoms with Crippen LogP contribution in [0.5, 0.6) is 0 Å². The fraction of sp³-hybridized carbons (Fsp3) is 0.909. The molecule has 1 amide bonds. The van der Waals surface area contributed by atoms with E-state index in [1.807, 2.05) is 27.8 Å². The van der Waals surface area contributed by atoms with Gasteiger partial charge in [0, 0.05) is 13.1 Å². The predicted molar refractivity (Wildman–Crippen MR) is 65.4 cm³/mol. The van der Waals surface area contributed by atoms with Crippen LogP contribution in [0.1, 0.15) is 27.2 Å². The van der Waals surface area contributed by atoms with E-state index in [1.165, 1.54) is 0 Å². The molecular weight excluding hydrogens is 206 g/mol. The van der Waals surface area contributed by atoms with Crippen LogP contribution in [-0.2, 0) is 4.74 Å². The highest BCUT2D eigenvalue weighted by Gasteiger charge is 2.15. The van der Waals surface area contributed by atoms with Gasteiger partial charge in [-0.3, -0.25) is 0 Å². The number of alkyl carbamates (subject to hydrolysis) is 1. The second-order valence-corrected chi connectivity index (χ2v) is 4.87. The largest absolute Gasteiger partial charge is 0.444 e. The van der Waals surface area contributed by atoms with Gasteiger partial charge in [-0.25, -0.2) is 4.79 Å². The van der Waals surface area contributed by atoms with Gasteiger partial charge in [-0.05, 0) is 47.3 Å². The first kappa shape index (κ1) is 15.2. The van der Waals surface area contributed by atoms with Gasteiger partial charge in [0.2, 0.25) is 0 Å². The van der Waals surface area contributed by atoms with Gasteiger partial charge < -0.3 is 20.7 Å². The quantitative estimate of drug-likeness (QED) is 0.709.